The van der Waals surface area contributed by atoms with Crippen LogP contribution in [0.4, 0.5) is 0 Å². The van der Waals surface area contributed by atoms with Gasteiger partial charge in [0.25, 0.3) is 0 Å². The van der Waals surface area contributed by atoms with Crippen LogP contribution in [0.1, 0.15) is 76.8 Å². The largest absolute Gasteiger partial charge is 0.458 e. The molecule has 3 aliphatic carbocycles. The van der Waals surface area contributed by atoms with Crippen LogP contribution in [0.5, 0.6) is 5.75 Å². The minimum Gasteiger partial charge on any atom is -0.458 e. The van der Waals surface area contributed by atoms with E-state index >= 15 is 0 Å². The molecule has 1 N–H and O–H groups in total. The third-order valence-electron chi connectivity index (χ3n) is 11.0. The van der Waals surface area contributed by atoms with Gasteiger partial charge in [0, 0.05) is 21.7 Å². The molecular weight excluding hydrogens is 562 g/mol. The zero-order chi connectivity index (χ0) is 30.7. The van der Waals surface area contributed by atoms with Crippen molar-refractivity contribution >= 4 is 33.7 Å². The van der Waals surface area contributed by atoms with E-state index in [0.717, 1.165) is 38.5 Å². The number of carbonyl (C=O) groups is 2. The molecule has 2 fully saturated rings. The quantitative estimate of drug-likeness (QED) is 0.129. The zero-order valence-corrected chi connectivity index (χ0v) is 25.3. The molecule has 0 radical (unpaired) electrons. The summed E-state index contributed by atoms with van der Waals surface area (Å²) in [6.07, 6.45) is 5.76. The lowest BCUT2D eigenvalue weighted by Crippen LogP contribution is -2.45. The number of benzene rings is 4. The summed E-state index contributed by atoms with van der Waals surface area (Å²) in [6.45, 7) is 2.32. The van der Waals surface area contributed by atoms with Gasteiger partial charge in [0.1, 0.15) is 11.9 Å². The van der Waals surface area contributed by atoms with E-state index in [1.54, 1.807) is 36.4 Å². The maximum absolute atomic E-state index is 13.7. The maximum atomic E-state index is 13.7. The average molecular weight is 598 g/mol. The van der Waals surface area contributed by atoms with Crippen molar-refractivity contribution in [1.29, 1.82) is 0 Å². The van der Waals surface area contributed by atoms with Crippen molar-refractivity contribution in [3.8, 4) is 5.75 Å². The molecule has 8 rings (SSSR count). The number of aryl methyl sites for hydroxylation is 1. The Morgan fingerprint density at radius 3 is 2.49 bits per heavy atom. The van der Waals surface area contributed by atoms with E-state index in [4.69, 9.17) is 9.47 Å². The van der Waals surface area contributed by atoms with Crippen LogP contribution >= 0.6 is 0 Å². The molecule has 0 amide bonds. The van der Waals surface area contributed by atoms with Gasteiger partial charge < -0.3 is 14.5 Å². The Labute approximate surface area is 261 Å². The Morgan fingerprint density at radius 1 is 0.822 bits per heavy atom. The number of carbonyl (C=O) groups excluding carboxylic acids is 2. The first-order valence-corrected chi connectivity index (χ1v) is 16.1. The SMILES string of the molecule is C[C@]12CC[C@@H]3c4ccc(OC(=O)c5ccccc5)cc4CC[C@H]3[C@@H]1CCC2OC(=O)c1cccc2c(=O)c3ccccc3[nH]c12. The third kappa shape index (κ3) is 4.57. The number of ether oxygens (including phenoxy) is 2. The standard InChI is InChI=1S/C39H35NO5/c1-39-21-20-27-26-17-15-25(44-37(42)23-8-3-2-4-9-23)22-24(26)14-16-28(27)32(39)18-19-34(39)45-38(43)31-12-7-11-30-35(31)40-33-13-6-5-10-29(33)36(30)41/h2-13,15,17,22,27-28,32,34H,14,16,18-21H2,1H3,(H,40,41)/t27-,28-,32+,34?,39+/m1/s1. The molecule has 0 bridgehead atoms. The summed E-state index contributed by atoms with van der Waals surface area (Å²) >= 11 is 0. The van der Waals surface area contributed by atoms with E-state index in [1.165, 1.54) is 11.1 Å². The van der Waals surface area contributed by atoms with Crippen LogP contribution in [0.3, 0.4) is 0 Å². The van der Waals surface area contributed by atoms with Gasteiger partial charge >= 0.3 is 11.9 Å². The fraction of sp³-hybridized carbons (Fsp3) is 0.308. The maximum Gasteiger partial charge on any atom is 0.343 e. The second kappa shape index (κ2) is 10.7. The molecular formula is C39H35NO5. The van der Waals surface area contributed by atoms with Gasteiger partial charge in [-0.05, 0) is 116 Å². The molecule has 1 heterocycles. The van der Waals surface area contributed by atoms with Gasteiger partial charge in [0.05, 0.1) is 16.6 Å². The number of H-pyrrole nitrogens is 1. The summed E-state index contributed by atoms with van der Waals surface area (Å²) in [6, 6.07) is 27.9. The number of esters is 2. The number of hydrogen-bond donors (Lipinski definition) is 1. The smallest absolute Gasteiger partial charge is 0.343 e. The second-order valence-corrected chi connectivity index (χ2v) is 13.3. The molecule has 3 aliphatic rings. The van der Waals surface area contributed by atoms with Gasteiger partial charge in [-0.25, -0.2) is 9.59 Å². The Kier molecular flexibility index (Phi) is 6.63. The third-order valence-corrected chi connectivity index (χ3v) is 11.0. The molecule has 1 unspecified atom stereocenters. The van der Waals surface area contributed by atoms with E-state index in [-0.39, 0.29) is 28.9 Å². The fourth-order valence-electron chi connectivity index (χ4n) is 8.82. The normalized spacial score (nSPS) is 25.3. The molecule has 226 valence electrons. The number of fused-ring (bicyclic) bond motifs is 7. The van der Waals surface area contributed by atoms with Gasteiger partial charge in [0.15, 0.2) is 5.43 Å². The molecule has 1 aromatic heterocycles. The lowest BCUT2D eigenvalue weighted by Gasteiger charge is -2.50. The number of aromatic nitrogens is 1. The summed E-state index contributed by atoms with van der Waals surface area (Å²) in [5, 5.41) is 1.11. The van der Waals surface area contributed by atoms with E-state index in [2.05, 4.69) is 24.0 Å². The van der Waals surface area contributed by atoms with Crippen molar-refractivity contribution in [2.45, 2.75) is 57.5 Å². The van der Waals surface area contributed by atoms with Gasteiger partial charge in [-0.3, -0.25) is 4.79 Å². The Hall–Kier alpha value is -4.71. The highest BCUT2D eigenvalue weighted by atomic mass is 16.5. The monoisotopic (exact) mass is 597 g/mol. The Morgan fingerprint density at radius 2 is 1.62 bits per heavy atom. The van der Waals surface area contributed by atoms with Crippen molar-refractivity contribution in [1.82, 2.24) is 4.98 Å². The lowest BCUT2D eigenvalue weighted by atomic mass is 9.55. The number of pyridine rings is 1. The van der Waals surface area contributed by atoms with Crippen molar-refractivity contribution in [3.63, 3.8) is 0 Å². The highest BCUT2D eigenvalue weighted by Crippen LogP contribution is 2.61. The van der Waals surface area contributed by atoms with E-state index in [9.17, 15) is 14.4 Å². The summed E-state index contributed by atoms with van der Waals surface area (Å²) in [7, 11) is 0. The summed E-state index contributed by atoms with van der Waals surface area (Å²) in [5.41, 5.74) is 4.67. The van der Waals surface area contributed by atoms with Crippen LogP contribution in [0.15, 0.2) is 95.8 Å². The number of para-hydroxylation sites is 2. The van der Waals surface area contributed by atoms with Crippen LogP contribution in [-0.4, -0.2) is 23.0 Å². The van der Waals surface area contributed by atoms with Gasteiger partial charge in [-0.15, -0.1) is 0 Å². The zero-order valence-electron chi connectivity index (χ0n) is 25.3. The van der Waals surface area contributed by atoms with Crippen molar-refractivity contribution in [2.75, 3.05) is 0 Å². The second-order valence-electron chi connectivity index (χ2n) is 13.3. The molecule has 5 atom stereocenters. The van der Waals surface area contributed by atoms with Crippen LogP contribution < -0.4 is 10.2 Å². The molecule has 4 aromatic carbocycles. The fourth-order valence-corrected chi connectivity index (χ4v) is 8.82. The Bertz CT molecular complexity index is 2030. The summed E-state index contributed by atoms with van der Waals surface area (Å²) in [4.78, 5) is 42.9. The molecule has 45 heavy (non-hydrogen) atoms. The first kappa shape index (κ1) is 27.8. The van der Waals surface area contributed by atoms with E-state index in [1.807, 2.05) is 42.5 Å². The van der Waals surface area contributed by atoms with Crippen LogP contribution in [0.25, 0.3) is 21.8 Å². The topological polar surface area (TPSA) is 85.5 Å². The first-order chi connectivity index (χ1) is 21.9. The van der Waals surface area contributed by atoms with Gasteiger partial charge in [-0.1, -0.05) is 49.4 Å². The van der Waals surface area contributed by atoms with Crippen molar-refractivity contribution < 1.29 is 19.1 Å². The number of aromatic amines is 1. The van der Waals surface area contributed by atoms with Crippen LogP contribution in [0.2, 0.25) is 0 Å². The molecule has 5 aromatic rings. The Balaban J connectivity index is 1.01. The van der Waals surface area contributed by atoms with Gasteiger partial charge in [-0.2, -0.15) is 0 Å². The number of rotatable bonds is 4. The number of hydrogen-bond acceptors (Lipinski definition) is 5. The molecule has 6 nitrogen and oxygen atoms in total. The summed E-state index contributed by atoms with van der Waals surface area (Å²) in [5.74, 6) is 1.33. The molecule has 2 saturated carbocycles. The average Bonchev–Trinajstić information content (AvgIpc) is 3.40. The molecule has 6 heteroatoms. The highest BCUT2D eigenvalue weighted by Gasteiger charge is 2.56. The highest BCUT2D eigenvalue weighted by molar-refractivity contribution is 6.05. The lowest BCUT2D eigenvalue weighted by molar-refractivity contribution is -0.0426. The minimum absolute atomic E-state index is 0.0840. The predicted octanol–water partition coefficient (Wildman–Crippen LogP) is 7.98. The van der Waals surface area contributed by atoms with Crippen LogP contribution in [0, 0.1) is 17.3 Å². The van der Waals surface area contributed by atoms with E-state index < -0.39 is 0 Å². The van der Waals surface area contributed by atoms with Crippen molar-refractivity contribution in [3.05, 3.63) is 123 Å². The molecule has 0 aliphatic heterocycles. The first-order valence-electron chi connectivity index (χ1n) is 16.1. The minimum atomic E-state index is -0.368. The molecule has 0 spiro atoms. The van der Waals surface area contributed by atoms with E-state index in [0.29, 0.717) is 56.4 Å². The van der Waals surface area contributed by atoms with Gasteiger partial charge in [0.2, 0.25) is 0 Å². The molecule has 0 saturated heterocycles. The van der Waals surface area contributed by atoms with Crippen LogP contribution in [-0.2, 0) is 11.2 Å². The predicted molar refractivity (Wildman–Crippen MR) is 174 cm³/mol. The number of nitrogens with one attached hydrogen (secondary N) is 1. The summed E-state index contributed by atoms with van der Waals surface area (Å²) < 4.78 is 12.1. The van der Waals surface area contributed by atoms with Crippen molar-refractivity contribution in [2.24, 2.45) is 17.3 Å².